The molecular formula is C12H10BrN3O3. The van der Waals surface area contributed by atoms with Crippen molar-refractivity contribution in [2.75, 3.05) is 5.32 Å². The van der Waals surface area contributed by atoms with Gasteiger partial charge in [-0.3, -0.25) is 9.89 Å². The van der Waals surface area contributed by atoms with Crippen LogP contribution >= 0.6 is 15.9 Å². The van der Waals surface area contributed by atoms with Crippen LogP contribution in [-0.2, 0) is 0 Å². The molecule has 7 heteroatoms. The lowest BCUT2D eigenvalue weighted by atomic mass is 10.2. The van der Waals surface area contributed by atoms with E-state index in [4.69, 9.17) is 5.11 Å². The Morgan fingerprint density at radius 3 is 2.68 bits per heavy atom. The van der Waals surface area contributed by atoms with E-state index in [9.17, 15) is 9.59 Å². The van der Waals surface area contributed by atoms with E-state index in [1.165, 1.54) is 6.07 Å². The minimum atomic E-state index is -1.07. The Morgan fingerprint density at radius 2 is 2.11 bits per heavy atom. The number of carboxylic acids is 1. The number of aryl methyl sites for hydroxylation is 1. The predicted octanol–water partition coefficient (Wildman–Crippen LogP) is 2.43. The number of aromatic carboxylic acids is 1. The summed E-state index contributed by atoms with van der Waals surface area (Å²) in [7, 11) is 0. The quantitative estimate of drug-likeness (QED) is 0.808. The van der Waals surface area contributed by atoms with Crippen LogP contribution in [0.2, 0.25) is 0 Å². The third-order valence-corrected chi connectivity index (χ3v) is 3.08. The fraction of sp³-hybridized carbons (Fsp3) is 0.0833. The zero-order chi connectivity index (χ0) is 14.0. The Balaban J connectivity index is 2.22. The van der Waals surface area contributed by atoms with Crippen molar-refractivity contribution in [2.45, 2.75) is 6.92 Å². The van der Waals surface area contributed by atoms with Gasteiger partial charge < -0.3 is 10.4 Å². The number of anilines is 1. The fourth-order valence-corrected chi connectivity index (χ4v) is 1.91. The summed E-state index contributed by atoms with van der Waals surface area (Å²) in [6.45, 7) is 1.78. The van der Waals surface area contributed by atoms with Crippen LogP contribution < -0.4 is 5.32 Å². The number of aromatic amines is 1. The zero-order valence-electron chi connectivity index (χ0n) is 9.90. The first-order valence-corrected chi connectivity index (χ1v) is 6.13. The SMILES string of the molecule is Cc1cc(C(=O)Nc2ccc(Br)c(C(=O)O)c2)n[nH]1. The molecule has 0 fully saturated rings. The highest BCUT2D eigenvalue weighted by molar-refractivity contribution is 9.10. The number of hydrogen-bond acceptors (Lipinski definition) is 3. The van der Waals surface area contributed by atoms with Gasteiger partial charge in [-0.1, -0.05) is 0 Å². The van der Waals surface area contributed by atoms with Crippen molar-refractivity contribution in [3.05, 3.63) is 45.7 Å². The van der Waals surface area contributed by atoms with Crippen LogP contribution in [0.3, 0.4) is 0 Å². The van der Waals surface area contributed by atoms with Gasteiger partial charge in [0.1, 0.15) is 0 Å². The molecule has 3 N–H and O–H groups in total. The molecule has 2 aromatic rings. The number of hydrogen-bond donors (Lipinski definition) is 3. The van der Waals surface area contributed by atoms with Crippen molar-refractivity contribution >= 4 is 33.5 Å². The molecule has 19 heavy (non-hydrogen) atoms. The molecule has 0 bridgehead atoms. The number of H-pyrrole nitrogens is 1. The van der Waals surface area contributed by atoms with Gasteiger partial charge >= 0.3 is 5.97 Å². The normalized spacial score (nSPS) is 10.2. The first-order chi connectivity index (χ1) is 8.97. The van der Waals surface area contributed by atoms with E-state index in [1.54, 1.807) is 25.1 Å². The van der Waals surface area contributed by atoms with Gasteiger partial charge in [0.05, 0.1) is 5.56 Å². The number of benzene rings is 1. The van der Waals surface area contributed by atoms with Crippen molar-refractivity contribution in [1.82, 2.24) is 10.2 Å². The maximum atomic E-state index is 11.8. The molecule has 98 valence electrons. The summed E-state index contributed by atoms with van der Waals surface area (Å²) < 4.78 is 0.452. The monoisotopic (exact) mass is 323 g/mol. The van der Waals surface area contributed by atoms with E-state index in [0.717, 1.165) is 5.69 Å². The highest BCUT2D eigenvalue weighted by Crippen LogP contribution is 2.21. The summed E-state index contributed by atoms with van der Waals surface area (Å²) in [5, 5.41) is 18.1. The van der Waals surface area contributed by atoms with Gasteiger partial charge in [0.25, 0.3) is 5.91 Å². The molecule has 0 atom stereocenters. The number of aromatic nitrogens is 2. The third-order valence-electron chi connectivity index (χ3n) is 2.39. The number of nitrogens with zero attached hydrogens (tertiary/aromatic N) is 1. The van der Waals surface area contributed by atoms with Crippen LogP contribution in [-0.4, -0.2) is 27.2 Å². The smallest absolute Gasteiger partial charge is 0.336 e. The van der Waals surface area contributed by atoms with Crippen LogP contribution in [0.1, 0.15) is 26.5 Å². The zero-order valence-corrected chi connectivity index (χ0v) is 11.5. The molecule has 0 aliphatic rings. The van der Waals surface area contributed by atoms with Gasteiger partial charge in [-0.2, -0.15) is 5.10 Å². The van der Waals surface area contributed by atoms with Crippen molar-refractivity contribution in [3.63, 3.8) is 0 Å². The van der Waals surface area contributed by atoms with Gasteiger partial charge in [0, 0.05) is 15.9 Å². The van der Waals surface area contributed by atoms with Crippen molar-refractivity contribution in [3.8, 4) is 0 Å². The maximum Gasteiger partial charge on any atom is 0.336 e. The first kappa shape index (κ1) is 13.3. The topological polar surface area (TPSA) is 95.1 Å². The standard InChI is InChI=1S/C12H10BrN3O3/c1-6-4-10(16-15-6)11(17)14-7-2-3-9(13)8(5-7)12(18)19/h2-5H,1H3,(H,14,17)(H,15,16)(H,18,19). The molecule has 0 saturated carbocycles. The second kappa shape index (κ2) is 5.23. The molecule has 0 spiro atoms. The third kappa shape index (κ3) is 3.00. The summed E-state index contributed by atoms with van der Waals surface area (Å²) in [5.74, 6) is -1.47. The van der Waals surface area contributed by atoms with E-state index in [-0.39, 0.29) is 11.3 Å². The van der Waals surface area contributed by atoms with E-state index in [0.29, 0.717) is 10.2 Å². The Morgan fingerprint density at radius 1 is 1.37 bits per heavy atom. The summed E-state index contributed by atoms with van der Waals surface area (Å²) >= 11 is 3.13. The molecule has 0 aliphatic heterocycles. The molecule has 0 unspecified atom stereocenters. The molecule has 0 aliphatic carbocycles. The van der Waals surface area contributed by atoms with Crippen LogP contribution in [0.15, 0.2) is 28.7 Å². The van der Waals surface area contributed by atoms with Crippen LogP contribution in [0.25, 0.3) is 0 Å². The predicted molar refractivity (Wildman–Crippen MR) is 72.4 cm³/mol. The van der Waals surface area contributed by atoms with E-state index < -0.39 is 11.9 Å². The molecule has 0 radical (unpaired) electrons. The minimum Gasteiger partial charge on any atom is -0.478 e. The summed E-state index contributed by atoms with van der Waals surface area (Å²) in [4.78, 5) is 22.8. The number of carboxylic acid groups (broad SMARTS) is 1. The second-order valence-electron chi connectivity index (χ2n) is 3.89. The molecule has 1 aromatic carbocycles. The molecule has 1 aromatic heterocycles. The summed E-state index contributed by atoms with van der Waals surface area (Å²) in [6.07, 6.45) is 0. The summed E-state index contributed by atoms with van der Waals surface area (Å²) in [5.41, 5.74) is 1.49. The van der Waals surface area contributed by atoms with Crippen molar-refractivity contribution in [1.29, 1.82) is 0 Å². The number of carbonyl (C=O) groups is 2. The van der Waals surface area contributed by atoms with Gasteiger partial charge in [0.15, 0.2) is 5.69 Å². The van der Waals surface area contributed by atoms with E-state index >= 15 is 0 Å². The Kier molecular flexibility index (Phi) is 3.66. The minimum absolute atomic E-state index is 0.0796. The van der Waals surface area contributed by atoms with Crippen LogP contribution in [0.4, 0.5) is 5.69 Å². The van der Waals surface area contributed by atoms with Crippen molar-refractivity contribution in [2.24, 2.45) is 0 Å². The first-order valence-electron chi connectivity index (χ1n) is 5.33. The average Bonchev–Trinajstić information content (AvgIpc) is 2.78. The average molecular weight is 324 g/mol. The molecule has 1 heterocycles. The number of amides is 1. The largest absolute Gasteiger partial charge is 0.478 e. The molecular weight excluding hydrogens is 314 g/mol. The lowest BCUT2D eigenvalue weighted by Crippen LogP contribution is -2.13. The van der Waals surface area contributed by atoms with Gasteiger partial charge in [-0.25, -0.2) is 4.79 Å². The molecule has 1 amide bonds. The Bertz CT molecular complexity index is 651. The van der Waals surface area contributed by atoms with Crippen LogP contribution in [0.5, 0.6) is 0 Å². The van der Waals surface area contributed by atoms with Gasteiger partial charge in [-0.05, 0) is 47.1 Å². The molecule has 6 nitrogen and oxygen atoms in total. The number of halogens is 1. The van der Waals surface area contributed by atoms with Gasteiger partial charge in [0.2, 0.25) is 0 Å². The number of carbonyl (C=O) groups excluding carboxylic acids is 1. The lowest BCUT2D eigenvalue weighted by molar-refractivity contribution is 0.0695. The van der Waals surface area contributed by atoms with E-state index in [1.807, 2.05) is 0 Å². The molecule has 0 saturated heterocycles. The Hall–Kier alpha value is -2.15. The summed E-state index contributed by atoms with van der Waals surface area (Å²) in [6, 6.07) is 6.15. The number of rotatable bonds is 3. The highest BCUT2D eigenvalue weighted by atomic mass is 79.9. The fourth-order valence-electron chi connectivity index (χ4n) is 1.50. The van der Waals surface area contributed by atoms with Crippen LogP contribution in [0, 0.1) is 6.92 Å². The highest BCUT2D eigenvalue weighted by Gasteiger charge is 2.13. The van der Waals surface area contributed by atoms with Crippen molar-refractivity contribution < 1.29 is 14.7 Å². The molecule has 2 rings (SSSR count). The van der Waals surface area contributed by atoms with E-state index in [2.05, 4.69) is 31.4 Å². The van der Waals surface area contributed by atoms with Gasteiger partial charge in [-0.15, -0.1) is 0 Å². The lowest BCUT2D eigenvalue weighted by Gasteiger charge is -2.05. The number of nitrogens with one attached hydrogen (secondary N) is 2. The second-order valence-corrected chi connectivity index (χ2v) is 4.74. The Labute approximate surface area is 117 Å². The maximum absolute atomic E-state index is 11.8.